The highest BCUT2D eigenvalue weighted by atomic mass is 16.5. The zero-order valence-corrected chi connectivity index (χ0v) is 8.66. The standard InChI is InChI=1S/C9H16N4O/c1-3-13(8-4-10-5-8)6-9-11-7(2)14-12-9/h8,10H,3-6H2,1-2H3. The fourth-order valence-electron chi connectivity index (χ4n) is 1.62. The zero-order chi connectivity index (χ0) is 9.97. The average Bonchev–Trinajstić information content (AvgIpc) is 2.47. The molecule has 0 unspecified atom stereocenters. The summed E-state index contributed by atoms with van der Waals surface area (Å²) in [4.78, 5) is 6.56. The molecule has 78 valence electrons. The van der Waals surface area contributed by atoms with Crippen molar-refractivity contribution in [3.8, 4) is 0 Å². The van der Waals surface area contributed by atoms with E-state index < -0.39 is 0 Å². The number of nitrogens with zero attached hydrogens (tertiary/aromatic N) is 3. The van der Waals surface area contributed by atoms with Gasteiger partial charge in [0.15, 0.2) is 5.82 Å². The van der Waals surface area contributed by atoms with E-state index in [0.717, 1.165) is 32.0 Å². The van der Waals surface area contributed by atoms with Crippen molar-refractivity contribution in [2.24, 2.45) is 0 Å². The van der Waals surface area contributed by atoms with Gasteiger partial charge in [-0.25, -0.2) is 0 Å². The molecule has 0 aliphatic carbocycles. The van der Waals surface area contributed by atoms with Gasteiger partial charge < -0.3 is 9.84 Å². The predicted octanol–water partition coefficient (Wildman–Crippen LogP) is 0.172. The van der Waals surface area contributed by atoms with Gasteiger partial charge in [0.25, 0.3) is 0 Å². The van der Waals surface area contributed by atoms with Crippen LogP contribution in [0.5, 0.6) is 0 Å². The highest BCUT2D eigenvalue weighted by Crippen LogP contribution is 2.08. The molecular formula is C9H16N4O. The van der Waals surface area contributed by atoms with E-state index in [1.54, 1.807) is 0 Å². The van der Waals surface area contributed by atoms with Crippen molar-refractivity contribution in [3.05, 3.63) is 11.7 Å². The minimum absolute atomic E-state index is 0.638. The molecule has 0 saturated carbocycles. The number of aryl methyl sites for hydroxylation is 1. The zero-order valence-electron chi connectivity index (χ0n) is 8.66. The maximum atomic E-state index is 4.94. The van der Waals surface area contributed by atoms with Crippen LogP contribution in [-0.2, 0) is 6.54 Å². The molecule has 1 aliphatic heterocycles. The molecule has 0 amide bonds. The summed E-state index contributed by atoms with van der Waals surface area (Å²) < 4.78 is 4.94. The van der Waals surface area contributed by atoms with Crippen molar-refractivity contribution >= 4 is 0 Å². The Labute approximate surface area is 83.5 Å². The Kier molecular flexibility index (Phi) is 2.79. The third-order valence-corrected chi connectivity index (χ3v) is 2.60. The van der Waals surface area contributed by atoms with E-state index in [2.05, 4.69) is 27.3 Å². The van der Waals surface area contributed by atoms with Crippen molar-refractivity contribution in [2.75, 3.05) is 19.6 Å². The van der Waals surface area contributed by atoms with Crippen molar-refractivity contribution < 1.29 is 4.52 Å². The van der Waals surface area contributed by atoms with Crippen LogP contribution in [0.15, 0.2) is 4.52 Å². The topological polar surface area (TPSA) is 54.2 Å². The van der Waals surface area contributed by atoms with Crippen molar-refractivity contribution in [3.63, 3.8) is 0 Å². The van der Waals surface area contributed by atoms with Gasteiger partial charge in [-0.15, -0.1) is 0 Å². The monoisotopic (exact) mass is 196 g/mol. The largest absolute Gasteiger partial charge is 0.340 e. The molecule has 2 rings (SSSR count). The first-order chi connectivity index (χ1) is 6.79. The maximum Gasteiger partial charge on any atom is 0.223 e. The van der Waals surface area contributed by atoms with E-state index in [4.69, 9.17) is 4.52 Å². The van der Waals surface area contributed by atoms with Gasteiger partial charge in [-0.05, 0) is 6.54 Å². The molecule has 2 heterocycles. The maximum absolute atomic E-state index is 4.94. The quantitative estimate of drug-likeness (QED) is 0.744. The van der Waals surface area contributed by atoms with Crippen LogP contribution in [0.25, 0.3) is 0 Å². The molecule has 0 atom stereocenters. The molecule has 0 radical (unpaired) electrons. The molecule has 14 heavy (non-hydrogen) atoms. The lowest BCUT2D eigenvalue weighted by Gasteiger charge is -2.36. The molecule has 0 bridgehead atoms. The molecule has 0 spiro atoms. The summed E-state index contributed by atoms with van der Waals surface area (Å²) in [6.07, 6.45) is 0. The molecule has 1 saturated heterocycles. The Morgan fingerprint density at radius 1 is 1.57 bits per heavy atom. The van der Waals surface area contributed by atoms with Gasteiger partial charge in [0.05, 0.1) is 6.54 Å². The number of aromatic nitrogens is 2. The third kappa shape index (κ3) is 1.93. The number of rotatable bonds is 4. The van der Waals surface area contributed by atoms with E-state index in [1.807, 2.05) is 6.92 Å². The number of nitrogens with one attached hydrogen (secondary N) is 1. The van der Waals surface area contributed by atoms with Gasteiger partial charge in [0.2, 0.25) is 5.89 Å². The van der Waals surface area contributed by atoms with Crippen molar-refractivity contribution in [1.82, 2.24) is 20.4 Å². The second-order valence-electron chi connectivity index (χ2n) is 3.60. The van der Waals surface area contributed by atoms with Crippen LogP contribution in [0, 0.1) is 6.92 Å². The molecule has 1 aliphatic rings. The Hall–Kier alpha value is -0.940. The smallest absolute Gasteiger partial charge is 0.223 e. The summed E-state index contributed by atoms with van der Waals surface area (Å²) in [6, 6.07) is 0.638. The first kappa shape index (κ1) is 9.61. The summed E-state index contributed by atoms with van der Waals surface area (Å²) in [7, 11) is 0. The fraction of sp³-hybridized carbons (Fsp3) is 0.778. The van der Waals surface area contributed by atoms with Crippen LogP contribution in [-0.4, -0.2) is 40.7 Å². The minimum Gasteiger partial charge on any atom is -0.340 e. The Morgan fingerprint density at radius 2 is 2.36 bits per heavy atom. The first-order valence-electron chi connectivity index (χ1n) is 5.03. The lowest BCUT2D eigenvalue weighted by molar-refractivity contribution is 0.140. The predicted molar refractivity (Wildman–Crippen MR) is 51.8 cm³/mol. The van der Waals surface area contributed by atoms with Gasteiger partial charge in [0, 0.05) is 26.1 Å². The molecule has 1 fully saturated rings. The molecular weight excluding hydrogens is 180 g/mol. The van der Waals surface area contributed by atoms with E-state index in [0.29, 0.717) is 11.9 Å². The second-order valence-corrected chi connectivity index (χ2v) is 3.60. The summed E-state index contributed by atoms with van der Waals surface area (Å²) >= 11 is 0. The molecule has 5 nitrogen and oxygen atoms in total. The number of hydrogen-bond acceptors (Lipinski definition) is 5. The molecule has 1 aromatic heterocycles. The first-order valence-corrected chi connectivity index (χ1v) is 5.03. The Morgan fingerprint density at radius 3 is 2.79 bits per heavy atom. The van der Waals surface area contributed by atoms with Crippen LogP contribution in [0.2, 0.25) is 0 Å². The SMILES string of the molecule is CCN(Cc1noc(C)n1)C1CNC1. The lowest BCUT2D eigenvalue weighted by atomic mass is 10.1. The van der Waals surface area contributed by atoms with Crippen LogP contribution in [0.1, 0.15) is 18.6 Å². The Bertz CT molecular complexity index is 295. The van der Waals surface area contributed by atoms with Crippen LogP contribution in [0.3, 0.4) is 0 Å². The van der Waals surface area contributed by atoms with E-state index in [-0.39, 0.29) is 0 Å². The minimum atomic E-state index is 0.638. The molecule has 1 aromatic rings. The van der Waals surface area contributed by atoms with Crippen molar-refractivity contribution in [2.45, 2.75) is 26.4 Å². The van der Waals surface area contributed by atoms with E-state index in [1.165, 1.54) is 0 Å². The summed E-state index contributed by atoms with van der Waals surface area (Å²) in [5.74, 6) is 1.43. The third-order valence-electron chi connectivity index (χ3n) is 2.60. The fourth-order valence-corrected chi connectivity index (χ4v) is 1.62. The highest BCUT2D eigenvalue weighted by Gasteiger charge is 2.24. The lowest BCUT2D eigenvalue weighted by Crippen LogP contribution is -2.56. The van der Waals surface area contributed by atoms with E-state index >= 15 is 0 Å². The second kappa shape index (κ2) is 4.06. The summed E-state index contributed by atoms with van der Waals surface area (Å²) in [5.41, 5.74) is 0. The van der Waals surface area contributed by atoms with Crippen LogP contribution >= 0.6 is 0 Å². The molecule has 0 aromatic carbocycles. The van der Waals surface area contributed by atoms with E-state index in [9.17, 15) is 0 Å². The molecule has 1 N–H and O–H groups in total. The van der Waals surface area contributed by atoms with Gasteiger partial charge in [-0.3, -0.25) is 4.90 Å². The number of hydrogen-bond donors (Lipinski definition) is 1. The van der Waals surface area contributed by atoms with Crippen LogP contribution in [0.4, 0.5) is 0 Å². The Balaban J connectivity index is 1.93. The number of likely N-dealkylation sites (N-methyl/N-ethyl adjacent to an activating group) is 1. The molecule has 5 heteroatoms. The summed E-state index contributed by atoms with van der Waals surface area (Å²) in [5, 5.41) is 7.16. The van der Waals surface area contributed by atoms with Gasteiger partial charge >= 0.3 is 0 Å². The van der Waals surface area contributed by atoms with Gasteiger partial charge in [-0.1, -0.05) is 12.1 Å². The summed E-state index contributed by atoms with van der Waals surface area (Å²) in [6.45, 7) is 7.94. The van der Waals surface area contributed by atoms with Crippen LogP contribution < -0.4 is 5.32 Å². The highest BCUT2D eigenvalue weighted by molar-refractivity contribution is 4.89. The van der Waals surface area contributed by atoms with Gasteiger partial charge in [0.1, 0.15) is 0 Å². The normalized spacial score (nSPS) is 17.4. The van der Waals surface area contributed by atoms with Gasteiger partial charge in [-0.2, -0.15) is 4.98 Å². The van der Waals surface area contributed by atoms with Crippen molar-refractivity contribution in [1.29, 1.82) is 0 Å². The average molecular weight is 196 g/mol.